The largest absolute Gasteiger partial charge is 0.490 e. The molecule has 4 aliphatic heterocycles. The SMILES string of the molecule is CC(C)(c1ccc(OCc2ccnc(N3CC4(COC4)C3)n2)cc1)c1ccc(OC2CC(Nc3cc4c(cc3F)C(=O)N(C3CCC(=O)NC3=O)C4=O)C2)cc1. The van der Waals surface area contributed by atoms with Crippen molar-refractivity contribution in [1.29, 1.82) is 0 Å². The highest BCUT2D eigenvalue weighted by molar-refractivity contribution is 6.23. The lowest BCUT2D eigenvalue weighted by Gasteiger charge is -2.54. The molecule has 5 aliphatic rings. The van der Waals surface area contributed by atoms with Crippen molar-refractivity contribution in [1.82, 2.24) is 20.2 Å². The second kappa shape index (κ2) is 13.7. The Bertz CT molecular complexity index is 2230. The van der Waals surface area contributed by atoms with Crippen molar-refractivity contribution in [3.8, 4) is 11.5 Å². The first-order valence-electron chi connectivity index (χ1n) is 18.9. The maximum Gasteiger partial charge on any atom is 0.262 e. The van der Waals surface area contributed by atoms with Crippen LogP contribution in [0, 0.1) is 11.2 Å². The van der Waals surface area contributed by atoms with Gasteiger partial charge in [-0.3, -0.25) is 29.4 Å². The molecule has 13 nitrogen and oxygen atoms in total. The lowest BCUT2D eigenvalue weighted by Crippen LogP contribution is -2.66. The molecule has 1 aromatic heterocycles. The van der Waals surface area contributed by atoms with Crippen LogP contribution in [0.1, 0.15) is 77.1 Å². The lowest BCUT2D eigenvalue weighted by molar-refractivity contribution is -0.136. The third-order valence-electron chi connectivity index (χ3n) is 11.7. The van der Waals surface area contributed by atoms with Crippen LogP contribution in [0.3, 0.4) is 0 Å². The summed E-state index contributed by atoms with van der Waals surface area (Å²) in [6.45, 7) is 8.20. The van der Waals surface area contributed by atoms with Crippen LogP contribution >= 0.6 is 0 Å². The number of fused-ring (bicyclic) bond motifs is 1. The first-order chi connectivity index (χ1) is 26.9. The molecule has 5 heterocycles. The number of anilines is 2. The Kier molecular flexibility index (Phi) is 8.75. The Morgan fingerprint density at radius 2 is 1.59 bits per heavy atom. The number of hydrogen-bond donors (Lipinski definition) is 2. The minimum atomic E-state index is -1.11. The third-order valence-corrected chi connectivity index (χ3v) is 11.7. The van der Waals surface area contributed by atoms with Crippen LogP contribution in [0.15, 0.2) is 72.9 Å². The molecule has 14 heteroatoms. The van der Waals surface area contributed by atoms with Crippen LogP contribution in [-0.4, -0.2) is 83.0 Å². The van der Waals surface area contributed by atoms with E-state index in [1.54, 1.807) is 6.20 Å². The Balaban J connectivity index is 0.759. The van der Waals surface area contributed by atoms with Crippen molar-refractivity contribution >= 4 is 35.3 Å². The van der Waals surface area contributed by atoms with Crippen molar-refractivity contribution in [2.75, 3.05) is 36.5 Å². The molecular weight excluding hydrogens is 719 g/mol. The summed E-state index contributed by atoms with van der Waals surface area (Å²) in [5, 5.41) is 5.30. The van der Waals surface area contributed by atoms with E-state index < -0.39 is 35.5 Å². The molecule has 0 radical (unpaired) electrons. The molecule has 9 rings (SSSR count). The number of ether oxygens (including phenoxy) is 3. The third kappa shape index (κ3) is 6.51. The van der Waals surface area contributed by atoms with Crippen molar-refractivity contribution in [2.45, 2.75) is 69.7 Å². The molecule has 3 saturated heterocycles. The van der Waals surface area contributed by atoms with Crippen molar-refractivity contribution in [2.24, 2.45) is 5.41 Å². The molecule has 4 aromatic rings. The normalized spacial score (nSPS) is 22.5. The van der Waals surface area contributed by atoms with Crippen molar-refractivity contribution in [3.63, 3.8) is 0 Å². The van der Waals surface area contributed by atoms with E-state index >= 15 is 4.39 Å². The second-order valence-corrected chi connectivity index (χ2v) is 16.0. The molecule has 1 aliphatic carbocycles. The zero-order valence-corrected chi connectivity index (χ0v) is 31.0. The number of piperidine rings is 1. The summed E-state index contributed by atoms with van der Waals surface area (Å²) in [6.07, 6.45) is 2.96. The van der Waals surface area contributed by atoms with Crippen molar-refractivity contribution in [3.05, 3.63) is 107 Å². The first-order valence-corrected chi connectivity index (χ1v) is 18.9. The van der Waals surface area contributed by atoms with Crippen LogP contribution in [0.4, 0.5) is 16.0 Å². The summed E-state index contributed by atoms with van der Waals surface area (Å²) in [4.78, 5) is 62.3. The number of hydrogen-bond acceptors (Lipinski definition) is 11. The number of imide groups is 2. The quantitative estimate of drug-likeness (QED) is 0.203. The highest BCUT2D eigenvalue weighted by atomic mass is 19.1. The second-order valence-electron chi connectivity index (χ2n) is 16.0. The van der Waals surface area contributed by atoms with E-state index in [4.69, 9.17) is 19.2 Å². The predicted molar refractivity (Wildman–Crippen MR) is 201 cm³/mol. The van der Waals surface area contributed by atoms with Gasteiger partial charge >= 0.3 is 0 Å². The smallest absolute Gasteiger partial charge is 0.262 e. The monoisotopic (exact) mass is 760 g/mol. The van der Waals surface area contributed by atoms with Gasteiger partial charge in [0.05, 0.1) is 41.1 Å². The van der Waals surface area contributed by atoms with Crippen LogP contribution in [0.2, 0.25) is 0 Å². The summed E-state index contributed by atoms with van der Waals surface area (Å²) in [5.41, 5.74) is 3.12. The Morgan fingerprint density at radius 3 is 2.23 bits per heavy atom. The van der Waals surface area contributed by atoms with Crippen LogP contribution in [0.25, 0.3) is 0 Å². The molecule has 56 heavy (non-hydrogen) atoms. The van der Waals surface area contributed by atoms with Crippen LogP contribution in [0.5, 0.6) is 11.5 Å². The standard InChI is InChI=1S/C42H41FN6O7/c1-41(2,24-3-7-28(8-4-24)55-19-26-13-14-44-40(46-26)48-20-42(21-48)22-54-23-42)25-5-9-29(10-6-25)56-30-15-27(16-30)45-34-18-32-31(17-33(34)43)38(52)49(39(32)53)35-11-12-36(50)47-37(35)51/h3-10,13-14,17-18,27,30,35,45H,11-12,15-16,19-23H2,1-2H3,(H,47,50,51). The number of nitrogens with zero attached hydrogens (tertiary/aromatic N) is 4. The van der Waals surface area contributed by atoms with Gasteiger partial charge in [0.15, 0.2) is 0 Å². The van der Waals surface area contributed by atoms with E-state index in [1.165, 1.54) is 6.07 Å². The average Bonchev–Trinajstić information content (AvgIpc) is 3.36. The number of amides is 4. The summed E-state index contributed by atoms with van der Waals surface area (Å²) >= 11 is 0. The zero-order chi connectivity index (χ0) is 38.8. The molecule has 1 spiro atoms. The predicted octanol–water partition coefficient (Wildman–Crippen LogP) is 4.78. The minimum absolute atomic E-state index is 0.00810. The summed E-state index contributed by atoms with van der Waals surface area (Å²) in [7, 11) is 0. The van der Waals surface area contributed by atoms with Crippen LogP contribution < -0.4 is 25.0 Å². The maximum atomic E-state index is 15.1. The van der Waals surface area contributed by atoms with Gasteiger partial charge in [-0.25, -0.2) is 14.4 Å². The van der Waals surface area contributed by atoms with Gasteiger partial charge in [0.25, 0.3) is 11.8 Å². The molecule has 1 unspecified atom stereocenters. The van der Waals surface area contributed by atoms with Gasteiger partial charge < -0.3 is 24.4 Å². The molecule has 3 aromatic carbocycles. The van der Waals surface area contributed by atoms with Gasteiger partial charge in [0.1, 0.15) is 36.1 Å². The number of halogens is 1. The van der Waals surface area contributed by atoms with Gasteiger partial charge in [0.2, 0.25) is 17.8 Å². The Hall–Kier alpha value is -5.89. The molecule has 2 N–H and O–H groups in total. The lowest BCUT2D eigenvalue weighted by atomic mass is 9.78. The van der Waals surface area contributed by atoms with E-state index in [0.29, 0.717) is 24.9 Å². The van der Waals surface area contributed by atoms with E-state index in [9.17, 15) is 19.2 Å². The van der Waals surface area contributed by atoms with E-state index in [1.807, 2.05) is 30.3 Å². The highest BCUT2D eigenvalue weighted by Gasteiger charge is 2.50. The number of benzene rings is 3. The molecule has 4 amide bonds. The molecular formula is C42H41FN6O7. The van der Waals surface area contributed by atoms with E-state index in [-0.39, 0.29) is 47.2 Å². The number of carbonyl (C=O) groups excluding carboxylic acids is 4. The van der Waals surface area contributed by atoms with Gasteiger partial charge in [-0.05, 0) is 60.0 Å². The molecule has 0 bridgehead atoms. The number of carbonyl (C=O) groups is 4. The van der Waals surface area contributed by atoms with Gasteiger partial charge in [-0.1, -0.05) is 38.1 Å². The molecule has 1 saturated carbocycles. The Morgan fingerprint density at radius 1 is 0.929 bits per heavy atom. The van der Waals surface area contributed by atoms with Crippen LogP contribution in [-0.2, 0) is 26.3 Å². The molecule has 288 valence electrons. The molecule has 1 atom stereocenters. The van der Waals surface area contributed by atoms with Gasteiger partial charge in [-0.15, -0.1) is 0 Å². The fraction of sp³-hybridized carbons (Fsp3) is 0.381. The fourth-order valence-electron chi connectivity index (χ4n) is 8.13. The number of nitrogens with one attached hydrogen (secondary N) is 2. The topological polar surface area (TPSA) is 152 Å². The minimum Gasteiger partial charge on any atom is -0.490 e. The van der Waals surface area contributed by atoms with Gasteiger partial charge in [0, 0.05) is 50.0 Å². The number of aromatic nitrogens is 2. The van der Waals surface area contributed by atoms with Gasteiger partial charge in [-0.2, -0.15) is 0 Å². The van der Waals surface area contributed by atoms with E-state index in [0.717, 1.165) is 71.5 Å². The zero-order valence-electron chi connectivity index (χ0n) is 31.0. The highest BCUT2D eigenvalue weighted by Crippen LogP contribution is 2.40. The maximum absolute atomic E-state index is 15.1. The number of rotatable bonds is 11. The summed E-state index contributed by atoms with van der Waals surface area (Å²) in [5.74, 6) is -1.04. The Labute approximate surface area is 322 Å². The average molecular weight is 761 g/mol. The summed E-state index contributed by atoms with van der Waals surface area (Å²) in [6, 6.07) is 19.2. The molecule has 4 fully saturated rings. The van der Waals surface area contributed by atoms with E-state index in [2.05, 4.69) is 58.6 Å². The van der Waals surface area contributed by atoms with Crippen molar-refractivity contribution < 1.29 is 37.8 Å². The first kappa shape index (κ1) is 35.8. The summed E-state index contributed by atoms with van der Waals surface area (Å²) < 4.78 is 32.8. The fourth-order valence-corrected chi connectivity index (χ4v) is 8.13.